The summed E-state index contributed by atoms with van der Waals surface area (Å²) in [5, 5.41) is 0. The molecule has 1 aromatic carbocycles. The Labute approximate surface area is 125 Å². The molecule has 0 amide bonds. The molecular formula is C14H18Br2N2. The molecule has 4 heteroatoms. The van der Waals surface area contributed by atoms with Crippen LogP contribution in [0.3, 0.4) is 0 Å². The van der Waals surface area contributed by atoms with Crippen LogP contribution in [0, 0.1) is 6.92 Å². The predicted octanol–water partition coefficient (Wildman–Crippen LogP) is 3.98. The second kappa shape index (κ2) is 4.80. The van der Waals surface area contributed by atoms with Crippen molar-refractivity contribution in [3.05, 3.63) is 26.6 Å². The molecule has 0 aliphatic carbocycles. The van der Waals surface area contributed by atoms with E-state index in [0.29, 0.717) is 18.1 Å². The highest BCUT2D eigenvalue weighted by Crippen LogP contribution is 2.45. The Hall–Kier alpha value is -0.0600. The Morgan fingerprint density at radius 3 is 2.11 bits per heavy atom. The summed E-state index contributed by atoms with van der Waals surface area (Å²) in [6.45, 7) is 2.13. The van der Waals surface area contributed by atoms with E-state index in [0.717, 1.165) is 12.8 Å². The number of nitrogens with zero attached hydrogens (tertiary/aromatic N) is 1. The average Bonchev–Trinajstić information content (AvgIpc) is 2.53. The fraction of sp³-hybridized carbons (Fsp3) is 0.571. The van der Waals surface area contributed by atoms with E-state index in [1.807, 2.05) is 0 Å². The van der Waals surface area contributed by atoms with Gasteiger partial charge in [0, 0.05) is 27.1 Å². The van der Waals surface area contributed by atoms with E-state index in [2.05, 4.69) is 55.8 Å². The number of halogens is 2. The maximum atomic E-state index is 6.15. The zero-order valence-corrected chi connectivity index (χ0v) is 13.7. The van der Waals surface area contributed by atoms with Crippen molar-refractivity contribution >= 4 is 37.5 Å². The average molecular weight is 374 g/mol. The van der Waals surface area contributed by atoms with E-state index < -0.39 is 0 Å². The molecule has 2 atom stereocenters. The summed E-state index contributed by atoms with van der Waals surface area (Å²) in [5.41, 5.74) is 8.74. The molecule has 98 valence electrons. The summed E-state index contributed by atoms with van der Waals surface area (Å²) in [6, 6.07) is 6.03. The third kappa shape index (κ3) is 2.12. The van der Waals surface area contributed by atoms with E-state index in [9.17, 15) is 0 Å². The second-order valence-corrected chi connectivity index (χ2v) is 7.31. The second-order valence-electron chi connectivity index (χ2n) is 5.60. The molecule has 18 heavy (non-hydrogen) atoms. The quantitative estimate of drug-likeness (QED) is 0.806. The summed E-state index contributed by atoms with van der Waals surface area (Å²) in [6.07, 6.45) is 4.82. The topological polar surface area (TPSA) is 29.3 Å². The van der Waals surface area contributed by atoms with Crippen LogP contribution < -0.4 is 10.6 Å². The number of piperidine rings is 1. The number of hydrogen-bond acceptors (Lipinski definition) is 2. The van der Waals surface area contributed by atoms with Crippen LogP contribution in [0.5, 0.6) is 0 Å². The summed E-state index contributed by atoms with van der Waals surface area (Å²) in [7, 11) is 0. The van der Waals surface area contributed by atoms with Gasteiger partial charge in [0.05, 0.1) is 5.69 Å². The van der Waals surface area contributed by atoms with Crippen molar-refractivity contribution in [1.82, 2.24) is 0 Å². The summed E-state index contributed by atoms with van der Waals surface area (Å²) in [5.74, 6) is 0. The van der Waals surface area contributed by atoms with Gasteiger partial charge in [-0.15, -0.1) is 0 Å². The van der Waals surface area contributed by atoms with Crippen molar-refractivity contribution < 1.29 is 0 Å². The molecule has 0 radical (unpaired) electrons. The van der Waals surface area contributed by atoms with Crippen LogP contribution in [-0.4, -0.2) is 18.1 Å². The van der Waals surface area contributed by atoms with Crippen molar-refractivity contribution in [3.8, 4) is 0 Å². The fourth-order valence-corrected chi connectivity index (χ4v) is 5.35. The van der Waals surface area contributed by atoms with E-state index in [1.54, 1.807) is 0 Å². The number of anilines is 1. The molecule has 2 N–H and O–H groups in total. The molecular weight excluding hydrogens is 356 g/mol. The van der Waals surface area contributed by atoms with Crippen molar-refractivity contribution in [1.29, 1.82) is 0 Å². The molecule has 2 fully saturated rings. The van der Waals surface area contributed by atoms with Gasteiger partial charge in [-0.3, -0.25) is 0 Å². The highest BCUT2D eigenvalue weighted by molar-refractivity contribution is 9.11. The van der Waals surface area contributed by atoms with Crippen LogP contribution in [0.4, 0.5) is 5.69 Å². The minimum absolute atomic E-state index is 0.391. The Bertz CT molecular complexity index is 438. The zero-order valence-electron chi connectivity index (χ0n) is 10.5. The van der Waals surface area contributed by atoms with Crippen molar-refractivity contribution in [2.45, 2.75) is 50.7 Å². The molecule has 2 unspecified atom stereocenters. The minimum Gasteiger partial charge on any atom is -0.364 e. The highest BCUT2D eigenvalue weighted by atomic mass is 79.9. The predicted molar refractivity (Wildman–Crippen MR) is 83.1 cm³/mol. The summed E-state index contributed by atoms with van der Waals surface area (Å²) < 4.78 is 2.39. The van der Waals surface area contributed by atoms with E-state index in [4.69, 9.17) is 5.73 Å². The number of fused-ring (bicyclic) bond motifs is 2. The zero-order chi connectivity index (χ0) is 12.9. The van der Waals surface area contributed by atoms with Gasteiger partial charge in [0.1, 0.15) is 0 Å². The van der Waals surface area contributed by atoms with Crippen molar-refractivity contribution in [2.75, 3.05) is 4.90 Å². The lowest BCUT2D eigenvalue weighted by atomic mass is 9.97. The smallest absolute Gasteiger partial charge is 0.0660 e. The van der Waals surface area contributed by atoms with E-state index in [1.165, 1.54) is 33.0 Å². The van der Waals surface area contributed by atoms with Crippen LogP contribution in [0.15, 0.2) is 21.1 Å². The molecule has 0 spiro atoms. The first-order chi connectivity index (χ1) is 8.56. The van der Waals surface area contributed by atoms with Crippen molar-refractivity contribution in [2.24, 2.45) is 5.73 Å². The first-order valence-electron chi connectivity index (χ1n) is 6.56. The summed E-state index contributed by atoms with van der Waals surface area (Å²) >= 11 is 7.46. The third-order valence-corrected chi connectivity index (χ3v) is 5.40. The molecule has 3 rings (SSSR count). The Morgan fingerprint density at radius 1 is 1.11 bits per heavy atom. The van der Waals surface area contributed by atoms with Gasteiger partial charge in [-0.2, -0.15) is 0 Å². The maximum absolute atomic E-state index is 6.15. The number of hydrogen-bond donors (Lipinski definition) is 1. The van der Waals surface area contributed by atoms with Gasteiger partial charge in [0.2, 0.25) is 0 Å². The van der Waals surface area contributed by atoms with Crippen LogP contribution >= 0.6 is 31.9 Å². The van der Waals surface area contributed by atoms with E-state index in [-0.39, 0.29) is 0 Å². The Kier molecular flexibility index (Phi) is 3.45. The van der Waals surface area contributed by atoms with Gasteiger partial charge in [-0.1, -0.05) is 0 Å². The Balaban J connectivity index is 2.01. The maximum Gasteiger partial charge on any atom is 0.0660 e. The van der Waals surface area contributed by atoms with Gasteiger partial charge in [0.25, 0.3) is 0 Å². The normalized spacial score (nSPS) is 30.9. The van der Waals surface area contributed by atoms with E-state index >= 15 is 0 Å². The molecule has 2 nitrogen and oxygen atoms in total. The van der Waals surface area contributed by atoms with Crippen LogP contribution in [-0.2, 0) is 0 Å². The number of nitrogens with two attached hydrogens (primary N) is 1. The molecule has 2 aliphatic heterocycles. The van der Waals surface area contributed by atoms with Crippen molar-refractivity contribution in [3.63, 3.8) is 0 Å². The molecule has 2 aliphatic rings. The first kappa shape index (κ1) is 12.9. The largest absolute Gasteiger partial charge is 0.364 e. The molecule has 1 aromatic rings. The number of benzene rings is 1. The Morgan fingerprint density at radius 2 is 1.61 bits per heavy atom. The lowest BCUT2D eigenvalue weighted by Crippen LogP contribution is -2.47. The number of rotatable bonds is 1. The standard InChI is InChI=1S/C14H18Br2N2/c1-8-4-12(15)14(13(16)5-8)18-10-2-3-11(18)7-9(17)6-10/h4-5,9-11H,2-3,6-7,17H2,1H3. The van der Waals surface area contributed by atoms with Crippen LogP contribution in [0.1, 0.15) is 31.2 Å². The van der Waals surface area contributed by atoms with Gasteiger partial charge < -0.3 is 10.6 Å². The lowest BCUT2D eigenvalue weighted by molar-refractivity contribution is 0.414. The van der Waals surface area contributed by atoms with Gasteiger partial charge in [-0.05, 0) is 82.2 Å². The molecule has 2 heterocycles. The minimum atomic E-state index is 0.391. The van der Waals surface area contributed by atoms with Gasteiger partial charge >= 0.3 is 0 Å². The highest BCUT2D eigenvalue weighted by Gasteiger charge is 2.40. The third-order valence-electron chi connectivity index (χ3n) is 4.19. The molecule has 2 saturated heterocycles. The SMILES string of the molecule is Cc1cc(Br)c(N2C3CCC2CC(N)C3)c(Br)c1. The van der Waals surface area contributed by atoms with Gasteiger partial charge in [0.15, 0.2) is 0 Å². The first-order valence-corrected chi connectivity index (χ1v) is 8.14. The molecule has 0 saturated carbocycles. The molecule has 2 bridgehead atoms. The van der Waals surface area contributed by atoms with Gasteiger partial charge in [-0.25, -0.2) is 0 Å². The molecule has 0 aromatic heterocycles. The lowest BCUT2D eigenvalue weighted by Gasteiger charge is -2.40. The monoisotopic (exact) mass is 372 g/mol. The summed E-state index contributed by atoms with van der Waals surface area (Å²) in [4.78, 5) is 2.59. The van der Waals surface area contributed by atoms with Crippen LogP contribution in [0.25, 0.3) is 0 Å². The fourth-order valence-electron chi connectivity index (χ4n) is 3.52. The number of aryl methyl sites for hydroxylation is 1. The van der Waals surface area contributed by atoms with Crippen LogP contribution in [0.2, 0.25) is 0 Å².